The fourth-order valence-electron chi connectivity index (χ4n) is 2.56. The van der Waals surface area contributed by atoms with Crippen molar-refractivity contribution >= 4 is 11.9 Å². The van der Waals surface area contributed by atoms with Crippen LogP contribution in [0.3, 0.4) is 0 Å². The summed E-state index contributed by atoms with van der Waals surface area (Å²) in [5.41, 5.74) is 0.924. The van der Waals surface area contributed by atoms with Crippen LogP contribution in [0.1, 0.15) is 112 Å². The van der Waals surface area contributed by atoms with Crippen LogP contribution in [0.5, 0.6) is 0 Å². The molecule has 0 aromatic heterocycles. The molecule has 0 aliphatic rings. The lowest BCUT2D eigenvalue weighted by atomic mass is 9.84. The highest BCUT2D eigenvalue weighted by Gasteiger charge is 2.14. The Hall–Kier alpha value is -0.950. The van der Waals surface area contributed by atoms with Crippen LogP contribution in [-0.4, -0.2) is 11.9 Å². The predicted octanol–water partition coefficient (Wildman–Crippen LogP) is 6.36. The van der Waals surface area contributed by atoms with Gasteiger partial charge in [-0.2, -0.15) is 9.59 Å². The number of hydrogen-bond acceptors (Lipinski definition) is 3. The molecule has 0 fully saturated rings. The molecular formula is C21H40O3. The first kappa shape index (κ1) is 25.3. The molecule has 0 aromatic rings. The van der Waals surface area contributed by atoms with Gasteiger partial charge in [0.15, 0.2) is 0 Å². The first-order valence-electron chi connectivity index (χ1n) is 9.59. The molecule has 0 bridgehead atoms. The van der Waals surface area contributed by atoms with Crippen LogP contribution in [0, 0.1) is 10.8 Å². The van der Waals surface area contributed by atoms with E-state index >= 15 is 0 Å². The van der Waals surface area contributed by atoms with Gasteiger partial charge in [-0.3, -0.25) is 4.79 Å². The molecule has 0 saturated carbocycles. The molecule has 0 aliphatic heterocycles. The van der Waals surface area contributed by atoms with Crippen molar-refractivity contribution in [2.24, 2.45) is 10.8 Å². The molecule has 0 N–H and O–H groups in total. The number of carbonyl (C=O) groups excluding carboxylic acids is 3. The van der Waals surface area contributed by atoms with Crippen molar-refractivity contribution < 1.29 is 14.4 Å². The summed E-state index contributed by atoms with van der Waals surface area (Å²) in [6.45, 7) is 13.8. The van der Waals surface area contributed by atoms with Gasteiger partial charge in [0, 0.05) is 12.8 Å². The molecule has 0 atom stereocenters. The van der Waals surface area contributed by atoms with Gasteiger partial charge in [0.05, 0.1) is 0 Å². The van der Waals surface area contributed by atoms with E-state index in [2.05, 4.69) is 41.5 Å². The van der Waals surface area contributed by atoms with Crippen LogP contribution in [-0.2, 0) is 14.4 Å². The maximum Gasteiger partial charge on any atom is 0.373 e. The molecule has 3 heteroatoms. The van der Waals surface area contributed by atoms with Gasteiger partial charge in [-0.25, -0.2) is 0 Å². The topological polar surface area (TPSA) is 51.2 Å². The molecule has 0 spiro atoms. The van der Waals surface area contributed by atoms with E-state index in [1.165, 1.54) is 44.9 Å². The number of unbranched alkanes of at least 4 members (excludes halogenated alkanes) is 4. The highest BCUT2D eigenvalue weighted by atomic mass is 16.2. The highest BCUT2D eigenvalue weighted by Crippen LogP contribution is 2.27. The van der Waals surface area contributed by atoms with Crippen molar-refractivity contribution in [1.29, 1.82) is 0 Å². The molecule has 0 amide bonds. The van der Waals surface area contributed by atoms with Gasteiger partial charge >= 0.3 is 6.15 Å². The first-order chi connectivity index (χ1) is 11.1. The van der Waals surface area contributed by atoms with Gasteiger partial charge in [-0.05, 0) is 36.5 Å². The lowest BCUT2D eigenvalue weighted by Gasteiger charge is -2.22. The van der Waals surface area contributed by atoms with Gasteiger partial charge in [0.2, 0.25) is 0 Å². The molecule has 24 heavy (non-hydrogen) atoms. The summed E-state index contributed by atoms with van der Waals surface area (Å²) in [5.74, 6) is 0.487. The Kier molecular flexibility index (Phi) is 15.2. The minimum Gasteiger partial charge on any atom is -0.300 e. The molecule has 142 valence electrons. The van der Waals surface area contributed by atoms with Crippen molar-refractivity contribution in [2.45, 2.75) is 112 Å². The normalized spacial score (nSPS) is 11.4. The van der Waals surface area contributed by atoms with Crippen LogP contribution in [0.25, 0.3) is 0 Å². The van der Waals surface area contributed by atoms with Crippen LogP contribution in [0.4, 0.5) is 0 Å². The summed E-state index contributed by atoms with van der Waals surface area (Å²) in [4.78, 5) is 28.1. The first-order valence-corrected chi connectivity index (χ1v) is 9.59. The minimum absolute atomic E-state index is 0.250. The van der Waals surface area contributed by atoms with Crippen LogP contribution in [0.2, 0.25) is 0 Å². The Bertz CT molecular complexity index is 345. The van der Waals surface area contributed by atoms with E-state index in [9.17, 15) is 4.79 Å². The third kappa shape index (κ3) is 21.0. The summed E-state index contributed by atoms with van der Waals surface area (Å²) in [6.07, 6.45) is 12.9. The Balaban J connectivity index is 0. The van der Waals surface area contributed by atoms with Gasteiger partial charge < -0.3 is 0 Å². The molecule has 3 nitrogen and oxygen atoms in total. The molecule has 0 aliphatic carbocycles. The molecule has 0 rings (SSSR count). The lowest BCUT2D eigenvalue weighted by molar-refractivity contribution is -0.191. The van der Waals surface area contributed by atoms with Gasteiger partial charge in [0.25, 0.3) is 0 Å². The fourth-order valence-corrected chi connectivity index (χ4v) is 2.56. The Labute approximate surface area is 150 Å². The summed E-state index contributed by atoms with van der Waals surface area (Å²) in [6, 6.07) is 0. The van der Waals surface area contributed by atoms with Crippen molar-refractivity contribution in [3.63, 3.8) is 0 Å². The van der Waals surface area contributed by atoms with E-state index in [4.69, 9.17) is 9.59 Å². The fraction of sp³-hybridized carbons (Fsp3) is 0.905. The minimum atomic E-state index is 0.250. The van der Waals surface area contributed by atoms with Gasteiger partial charge in [-0.1, -0.05) is 73.6 Å². The SMILES string of the molecule is CCC(C)(C)CCCCCC(=O)CCCCCC(C)(C)C.O=C=O. The number of carbonyl (C=O) groups is 1. The third-order valence-corrected chi connectivity index (χ3v) is 4.65. The average Bonchev–Trinajstić information content (AvgIpc) is 2.46. The predicted molar refractivity (Wildman–Crippen MR) is 99.7 cm³/mol. The quantitative estimate of drug-likeness (QED) is 0.389. The summed E-state index contributed by atoms with van der Waals surface area (Å²) >= 11 is 0. The third-order valence-electron chi connectivity index (χ3n) is 4.65. The van der Waals surface area contributed by atoms with Crippen LogP contribution in [0.15, 0.2) is 0 Å². The number of hydrogen-bond donors (Lipinski definition) is 0. The maximum absolute atomic E-state index is 11.8. The van der Waals surface area contributed by atoms with Crippen LogP contribution >= 0.6 is 0 Å². The van der Waals surface area contributed by atoms with Gasteiger partial charge in [0.1, 0.15) is 5.78 Å². The van der Waals surface area contributed by atoms with E-state index in [0.717, 1.165) is 25.7 Å². The Morgan fingerprint density at radius 3 is 1.54 bits per heavy atom. The molecule has 0 saturated heterocycles. The Morgan fingerprint density at radius 2 is 1.17 bits per heavy atom. The highest BCUT2D eigenvalue weighted by molar-refractivity contribution is 5.78. The zero-order chi connectivity index (χ0) is 19.1. The van der Waals surface area contributed by atoms with E-state index in [1.54, 1.807) is 0 Å². The summed E-state index contributed by atoms with van der Waals surface area (Å²) < 4.78 is 0. The smallest absolute Gasteiger partial charge is 0.300 e. The molecule has 0 heterocycles. The molecule has 0 aromatic carbocycles. The second kappa shape index (κ2) is 14.4. The van der Waals surface area contributed by atoms with Crippen molar-refractivity contribution in [3.05, 3.63) is 0 Å². The monoisotopic (exact) mass is 340 g/mol. The van der Waals surface area contributed by atoms with E-state index in [0.29, 0.717) is 16.6 Å². The number of Topliss-reactive ketones (excluding diaryl/α,β-unsaturated/α-hetero) is 1. The maximum atomic E-state index is 11.8. The standard InChI is InChI=1S/C20H40O.CO2/c1-7-20(5,6)17-13-9-11-15-18(21)14-10-8-12-16-19(2,3)4;2-1-3/h7-17H2,1-6H3;. The molecule has 0 radical (unpaired) electrons. The molecular weight excluding hydrogens is 300 g/mol. The second-order valence-corrected chi connectivity index (χ2v) is 8.82. The van der Waals surface area contributed by atoms with Crippen molar-refractivity contribution in [2.75, 3.05) is 0 Å². The van der Waals surface area contributed by atoms with E-state index in [-0.39, 0.29) is 6.15 Å². The van der Waals surface area contributed by atoms with Crippen LogP contribution < -0.4 is 0 Å². The number of rotatable bonds is 12. The van der Waals surface area contributed by atoms with E-state index in [1.807, 2.05) is 0 Å². The van der Waals surface area contributed by atoms with Crippen molar-refractivity contribution in [3.8, 4) is 0 Å². The summed E-state index contributed by atoms with van der Waals surface area (Å²) in [7, 11) is 0. The Morgan fingerprint density at radius 1 is 0.750 bits per heavy atom. The van der Waals surface area contributed by atoms with Crippen molar-refractivity contribution in [1.82, 2.24) is 0 Å². The zero-order valence-corrected chi connectivity index (χ0v) is 17.0. The summed E-state index contributed by atoms with van der Waals surface area (Å²) in [5, 5.41) is 0. The zero-order valence-electron chi connectivity index (χ0n) is 17.0. The van der Waals surface area contributed by atoms with E-state index < -0.39 is 0 Å². The molecule has 0 unspecified atom stereocenters. The lowest BCUT2D eigenvalue weighted by Crippen LogP contribution is -2.09. The largest absolute Gasteiger partial charge is 0.373 e. The second-order valence-electron chi connectivity index (χ2n) is 8.82. The average molecular weight is 341 g/mol. The van der Waals surface area contributed by atoms with Gasteiger partial charge in [-0.15, -0.1) is 0 Å². The number of ketones is 1.